The van der Waals surface area contributed by atoms with E-state index in [4.69, 9.17) is 17.4 Å². The van der Waals surface area contributed by atoms with E-state index in [0.29, 0.717) is 5.69 Å². The van der Waals surface area contributed by atoms with Gasteiger partial charge < -0.3 is 16.2 Å². The summed E-state index contributed by atoms with van der Waals surface area (Å²) in [5, 5.41) is 14.9. The lowest BCUT2D eigenvalue weighted by Gasteiger charge is -2.00. The first-order valence-electron chi connectivity index (χ1n) is 3.48. The summed E-state index contributed by atoms with van der Waals surface area (Å²) in [6, 6.07) is 6.27. The van der Waals surface area contributed by atoms with Crippen LogP contribution in [-0.4, -0.2) is 11.1 Å². The molecule has 0 saturated heterocycles. The quantitative estimate of drug-likeness (QED) is 0.196. The number of benzene rings is 1. The van der Waals surface area contributed by atoms with Gasteiger partial charge in [-0.25, -0.2) is 0 Å². The Morgan fingerprint density at radius 2 is 2.08 bits per heavy atom. The summed E-state index contributed by atoms with van der Waals surface area (Å²) < 4.78 is 0. The van der Waals surface area contributed by atoms with E-state index in [0.717, 1.165) is 0 Å². The average Bonchev–Trinajstić information content (AvgIpc) is 2.09. The lowest BCUT2D eigenvalue weighted by molar-refractivity contribution is 0.475. The van der Waals surface area contributed by atoms with Crippen molar-refractivity contribution in [2.45, 2.75) is 0 Å². The molecule has 0 fully saturated rings. The van der Waals surface area contributed by atoms with Gasteiger partial charge in [0, 0.05) is 5.69 Å². The first-order valence-corrected chi connectivity index (χ1v) is 3.48. The smallest absolute Gasteiger partial charge is 0.279 e. The molecule has 0 aliphatic carbocycles. The second kappa shape index (κ2) is 3.97. The van der Waals surface area contributed by atoms with Crippen molar-refractivity contribution in [3.8, 4) is 5.75 Å². The van der Waals surface area contributed by atoms with Crippen LogP contribution >= 0.6 is 0 Å². The van der Waals surface area contributed by atoms with E-state index < -0.39 is 0 Å². The van der Waals surface area contributed by atoms with Gasteiger partial charge in [-0.15, -0.1) is 4.95 Å². The number of anilines is 1. The summed E-state index contributed by atoms with van der Waals surface area (Å²) in [5.41, 5.74) is 5.99. The van der Waals surface area contributed by atoms with Crippen LogP contribution in [-0.2, 0) is 0 Å². The van der Waals surface area contributed by atoms with Gasteiger partial charge >= 0.3 is 0 Å². The number of nitrogens with zero attached hydrogens (tertiary/aromatic N) is 2. The second-order valence-corrected chi connectivity index (χ2v) is 2.26. The minimum Gasteiger partial charge on any atom is -0.508 e. The molecule has 0 bridgehead atoms. The minimum atomic E-state index is 0.0284. The predicted molar refractivity (Wildman–Crippen MR) is 50.0 cm³/mol. The lowest BCUT2D eigenvalue weighted by Crippen LogP contribution is -2.21. The number of rotatable bonds is 1. The standard InChI is InChI=1S/C8H8N4O/c1-10-12-8(9)11-6-2-4-7(13)5-3-6/h2-5,13H,(H3,9,11,12). The maximum atomic E-state index is 8.96. The number of hydrogen-bond acceptors (Lipinski definition) is 2. The highest BCUT2D eigenvalue weighted by Crippen LogP contribution is 2.12. The Morgan fingerprint density at radius 1 is 1.46 bits per heavy atom. The molecule has 4 N–H and O–H groups in total. The normalized spacial score (nSPS) is 10.5. The molecule has 0 aliphatic rings. The molecule has 1 rings (SSSR count). The fraction of sp³-hybridized carbons (Fsp3) is 0. The van der Waals surface area contributed by atoms with Gasteiger partial charge in [-0.2, -0.15) is 6.57 Å². The molecule has 66 valence electrons. The van der Waals surface area contributed by atoms with Crippen LogP contribution < -0.4 is 11.1 Å². The van der Waals surface area contributed by atoms with Crippen molar-refractivity contribution in [2.24, 2.45) is 10.8 Å². The van der Waals surface area contributed by atoms with Gasteiger partial charge in [-0.05, 0) is 24.3 Å². The Bertz CT molecular complexity index is 349. The fourth-order valence-electron chi connectivity index (χ4n) is 0.772. The molecule has 0 spiro atoms. The summed E-state index contributed by atoms with van der Waals surface area (Å²) >= 11 is 0. The fourth-order valence-corrected chi connectivity index (χ4v) is 0.772. The highest BCUT2D eigenvalue weighted by atomic mass is 16.3. The van der Waals surface area contributed by atoms with Crippen molar-refractivity contribution in [3.63, 3.8) is 0 Å². The van der Waals surface area contributed by atoms with E-state index in [1.165, 1.54) is 12.1 Å². The van der Waals surface area contributed by atoms with E-state index in [9.17, 15) is 0 Å². The Hall–Kier alpha value is -2.22. The molecule has 13 heavy (non-hydrogen) atoms. The van der Waals surface area contributed by atoms with Crippen LogP contribution in [0.2, 0.25) is 0 Å². The summed E-state index contributed by atoms with van der Waals surface area (Å²) in [5.74, 6) is 0.201. The molecular formula is C8H8N4O. The first kappa shape index (κ1) is 8.87. The Morgan fingerprint density at radius 3 is 2.62 bits per heavy atom. The van der Waals surface area contributed by atoms with E-state index >= 15 is 0 Å². The van der Waals surface area contributed by atoms with Crippen LogP contribution in [0.25, 0.3) is 4.95 Å². The summed E-state index contributed by atoms with van der Waals surface area (Å²) in [7, 11) is 0. The summed E-state index contributed by atoms with van der Waals surface area (Å²) in [6.07, 6.45) is 0. The van der Waals surface area contributed by atoms with E-state index in [-0.39, 0.29) is 11.7 Å². The van der Waals surface area contributed by atoms with Crippen molar-refractivity contribution in [1.29, 1.82) is 0 Å². The van der Waals surface area contributed by atoms with Gasteiger partial charge in [0.05, 0.1) is 0 Å². The molecule has 1 aromatic carbocycles. The Kier molecular flexibility index (Phi) is 2.71. The lowest BCUT2D eigenvalue weighted by atomic mass is 10.3. The Labute approximate surface area is 75.3 Å². The molecule has 0 aliphatic heterocycles. The Balaban J connectivity index is 2.71. The van der Waals surface area contributed by atoms with Crippen LogP contribution in [0.3, 0.4) is 0 Å². The van der Waals surface area contributed by atoms with Crippen molar-refractivity contribution in [2.75, 3.05) is 5.32 Å². The molecule has 0 atom stereocenters. The maximum Gasteiger partial charge on any atom is 0.279 e. The van der Waals surface area contributed by atoms with Crippen molar-refractivity contribution < 1.29 is 5.11 Å². The highest BCUT2D eigenvalue weighted by molar-refractivity contribution is 5.92. The summed E-state index contributed by atoms with van der Waals surface area (Å²) in [6.45, 7) is 6.41. The number of hydrogen-bond donors (Lipinski definition) is 3. The number of guanidine groups is 1. The van der Waals surface area contributed by atoms with Gasteiger partial charge in [0.15, 0.2) is 0 Å². The van der Waals surface area contributed by atoms with Crippen LogP contribution in [0.1, 0.15) is 0 Å². The summed E-state index contributed by atoms with van der Waals surface area (Å²) in [4.78, 5) is 2.75. The van der Waals surface area contributed by atoms with Gasteiger partial charge in [0.2, 0.25) is 0 Å². The zero-order valence-electron chi connectivity index (χ0n) is 6.73. The van der Waals surface area contributed by atoms with E-state index in [2.05, 4.69) is 15.4 Å². The molecule has 1 aromatic rings. The number of phenols is 1. The molecule has 0 heterocycles. The SMILES string of the molecule is [C-]#[N+]/N=C(/N)Nc1ccc(O)cc1. The number of nitrogens with two attached hydrogens (primary N) is 1. The third-order valence-corrected chi connectivity index (χ3v) is 1.30. The van der Waals surface area contributed by atoms with E-state index in [1.807, 2.05) is 0 Å². The largest absolute Gasteiger partial charge is 0.508 e. The van der Waals surface area contributed by atoms with Crippen LogP contribution in [0.5, 0.6) is 5.75 Å². The van der Waals surface area contributed by atoms with Gasteiger partial charge in [0.1, 0.15) is 10.9 Å². The monoisotopic (exact) mass is 176 g/mol. The predicted octanol–water partition coefficient (Wildman–Crippen LogP) is 0.953. The third-order valence-electron chi connectivity index (χ3n) is 1.30. The maximum absolute atomic E-state index is 8.96. The molecule has 5 nitrogen and oxygen atoms in total. The topological polar surface area (TPSA) is 75.0 Å². The minimum absolute atomic E-state index is 0.0284. The third kappa shape index (κ3) is 2.71. The van der Waals surface area contributed by atoms with Crippen LogP contribution in [0.15, 0.2) is 29.4 Å². The molecule has 0 saturated carbocycles. The highest BCUT2D eigenvalue weighted by Gasteiger charge is 1.96. The second-order valence-electron chi connectivity index (χ2n) is 2.26. The van der Waals surface area contributed by atoms with Gasteiger partial charge in [-0.1, -0.05) is 0 Å². The molecule has 0 radical (unpaired) electrons. The molecule has 0 amide bonds. The van der Waals surface area contributed by atoms with Crippen molar-refractivity contribution in [3.05, 3.63) is 35.8 Å². The van der Waals surface area contributed by atoms with Crippen LogP contribution in [0, 0.1) is 6.57 Å². The molecule has 0 aromatic heterocycles. The van der Waals surface area contributed by atoms with Crippen molar-refractivity contribution >= 4 is 11.6 Å². The number of nitrogens with one attached hydrogen (secondary N) is 1. The van der Waals surface area contributed by atoms with Crippen molar-refractivity contribution in [1.82, 2.24) is 0 Å². The zero-order chi connectivity index (χ0) is 9.68. The molecule has 5 heteroatoms. The molecule has 0 unspecified atom stereocenters. The van der Waals surface area contributed by atoms with Gasteiger partial charge in [-0.3, -0.25) is 0 Å². The van der Waals surface area contributed by atoms with Crippen LogP contribution in [0.4, 0.5) is 5.69 Å². The van der Waals surface area contributed by atoms with Gasteiger partial charge in [0.25, 0.3) is 5.96 Å². The zero-order valence-corrected chi connectivity index (χ0v) is 6.73. The average molecular weight is 176 g/mol. The molecular weight excluding hydrogens is 168 g/mol. The first-order chi connectivity index (χ1) is 6.22. The number of aromatic hydroxyl groups is 1. The van der Waals surface area contributed by atoms with E-state index in [1.54, 1.807) is 12.1 Å². The number of phenolic OH excluding ortho intramolecular Hbond substituents is 1.